The number of allylic oxidation sites excluding steroid dienone is 1. The van der Waals surface area contributed by atoms with Gasteiger partial charge in [0.1, 0.15) is 11.9 Å². The Balaban J connectivity index is 2.11. The maximum atomic E-state index is 13.7. The topological polar surface area (TPSA) is 101 Å². The molecule has 1 aliphatic heterocycles. The number of aliphatic carboxylic acids is 1. The van der Waals surface area contributed by atoms with Crippen LogP contribution in [0.4, 0.5) is 4.39 Å². The molecular formula is C20H19BrFN3O4S. The number of halogens is 2. The van der Waals surface area contributed by atoms with Crippen LogP contribution in [0.15, 0.2) is 50.5 Å². The van der Waals surface area contributed by atoms with Crippen LogP contribution in [0.2, 0.25) is 0 Å². The lowest BCUT2D eigenvalue weighted by atomic mass is 9.94. The number of ether oxygens (including phenoxy) is 1. The van der Waals surface area contributed by atoms with E-state index in [0.717, 1.165) is 0 Å². The summed E-state index contributed by atoms with van der Waals surface area (Å²) in [5.41, 5.74) is 1.39. The minimum Gasteiger partial charge on any atom is -0.481 e. The SMILES string of the molecule is CCOC(=O)C1=C(CCCC(=O)O)NC(c2nccs2)=NC1c1ccc(F)cc1Br. The highest BCUT2D eigenvalue weighted by Gasteiger charge is 2.33. The highest BCUT2D eigenvalue weighted by molar-refractivity contribution is 9.10. The number of thiazole rings is 1. The maximum absolute atomic E-state index is 13.7. The number of amidine groups is 1. The third kappa shape index (κ3) is 5.11. The van der Waals surface area contributed by atoms with Crippen molar-refractivity contribution in [3.8, 4) is 0 Å². The Kier molecular flexibility index (Phi) is 7.33. The normalized spacial score (nSPS) is 16.1. The van der Waals surface area contributed by atoms with Crippen molar-refractivity contribution in [3.05, 3.63) is 61.9 Å². The fourth-order valence-electron chi connectivity index (χ4n) is 3.06. The number of hydrogen-bond acceptors (Lipinski definition) is 7. The lowest BCUT2D eigenvalue weighted by molar-refractivity contribution is -0.139. The molecule has 2 heterocycles. The first kappa shape index (κ1) is 22.1. The van der Waals surface area contributed by atoms with Gasteiger partial charge in [-0.15, -0.1) is 11.3 Å². The van der Waals surface area contributed by atoms with Crippen molar-refractivity contribution in [1.82, 2.24) is 10.3 Å². The molecule has 1 atom stereocenters. The summed E-state index contributed by atoms with van der Waals surface area (Å²) in [6.45, 7) is 1.87. The van der Waals surface area contributed by atoms with Crippen molar-refractivity contribution in [3.63, 3.8) is 0 Å². The molecule has 1 aliphatic rings. The molecule has 2 N–H and O–H groups in total. The summed E-state index contributed by atoms with van der Waals surface area (Å²) in [6, 6.07) is 3.40. The van der Waals surface area contributed by atoms with Crippen molar-refractivity contribution >= 4 is 45.0 Å². The summed E-state index contributed by atoms with van der Waals surface area (Å²) in [7, 11) is 0. The van der Waals surface area contributed by atoms with E-state index < -0.39 is 23.8 Å². The summed E-state index contributed by atoms with van der Waals surface area (Å²) in [5.74, 6) is -1.44. The fraction of sp³-hybridized carbons (Fsp3) is 0.300. The second-order valence-electron chi connectivity index (χ2n) is 6.37. The molecule has 1 aromatic heterocycles. The summed E-state index contributed by atoms with van der Waals surface area (Å²) >= 11 is 4.74. The molecule has 0 fully saturated rings. The van der Waals surface area contributed by atoms with Crippen LogP contribution in [0.5, 0.6) is 0 Å². The average molecular weight is 496 g/mol. The number of carboxylic acids is 1. The van der Waals surface area contributed by atoms with Crippen LogP contribution in [0, 0.1) is 5.82 Å². The Morgan fingerprint density at radius 2 is 2.20 bits per heavy atom. The first-order chi connectivity index (χ1) is 14.4. The summed E-state index contributed by atoms with van der Waals surface area (Å²) < 4.78 is 19.4. The maximum Gasteiger partial charge on any atom is 0.338 e. The van der Waals surface area contributed by atoms with Crippen LogP contribution in [0.25, 0.3) is 0 Å². The summed E-state index contributed by atoms with van der Waals surface area (Å²) in [6.07, 6.45) is 2.22. The van der Waals surface area contributed by atoms with Crippen molar-refractivity contribution in [1.29, 1.82) is 0 Å². The van der Waals surface area contributed by atoms with E-state index in [1.165, 1.54) is 23.5 Å². The molecule has 3 rings (SSSR count). The van der Waals surface area contributed by atoms with Crippen molar-refractivity contribution in [2.75, 3.05) is 6.61 Å². The Labute approximate surface area is 184 Å². The number of carboxylic acid groups (broad SMARTS) is 1. The third-order valence-corrected chi connectivity index (χ3v) is 5.80. The van der Waals surface area contributed by atoms with E-state index in [1.807, 2.05) is 0 Å². The molecule has 0 radical (unpaired) electrons. The minimum absolute atomic E-state index is 0.0457. The van der Waals surface area contributed by atoms with Gasteiger partial charge in [-0.05, 0) is 37.5 Å². The number of esters is 1. The number of nitrogens with one attached hydrogen (secondary N) is 1. The number of hydrogen-bond donors (Lipinski definition) is 2. The van der Waals surface area contributed by atoms with E-state index in [2.05, 4.69) is 31.2 Å². The van der Waals surface area contributed by atoms with Crippen LogP contribution in [0.1, 0.15) is 42.8 Å². The highest BCUT2D eigenvalue weighted by Crippen LogP contribution is 2.37. The smallest absolute Gasteiger partial charge is 0.338 e. The van der Waals surface area contributed by atoms with Gasteiger partial charge < -0.3 is 15.2 Å². The van der Waals surface area contributed by atoms with Gasteiger partial charge in [0.05, 0.1) is 12.2 Å². The van der Waals surface area contributed by atoms with Crippen LogP contribution in [0.3, 0.4) is 0 Å². The van der Waals surface area contributed by atoms with E-state index in [-0.39, 0.29) is 18.6 Å². The average Bonchev–Trinajstić information content (AvgIpc) is 3.22. The molecule has 30 heavy (non-hydrogen) atoms. The van der Waals surface area contributed by atoms with E-state index in [4.69, 9.17) is 9.84 Å². The number of nitrogens with zero attached hydrogens (tertiary/aromatic N) is 2. The lowest BCUT2D eigenvalue weighted by Crippen LogP contribution is -2.34. The van der Waals surface area contributed by atoms with E-state index in [1.54, 1.807) is 24.6 Å². The Bertz CT molecular complexity index is 1010. The number of carbonyl (C=O) groups is 2. The van der Waals surface area contributed by atoms with Gasteiger partial charge in [-0.3, -0.25) is 9.79 Å². The highest BCUT2D eigenvalue weighted by atomic mass is 79.9. The van der Waals surface area contributed by atoms with Crippen molar-refractivity contribution in [2.24, 2.45) is 4.99 Å². The predicted molar refractivity (Wildman–Crippen MR) is 114 cm³/mol. The monoisotopic (exact) mass is 495 g/mol. The number of benzene rings is 1. The minimum atomic E-state index is -0.921. The van der Waals surface area contributed by atoms with Gasteiger partial charge in [0, 0.05) is 28.2 Å². The molecule has 1 aromatic carbocycles. The molecule has 2 aromatic rings. The number of carbonyl (C=O) groups excluding carboxylic acids is 1. The van der Waals surface area contributed by atoms with Gasteiger partial charge in [0.15, 0.2) is 10.8 Å². The molecule has 10 heteroatoms. The van der Waals surface area contributed by atoms with Crippen molar-refractivity contribution < 1.29 is 23.8 Å². The van der Waals surface area contributed by atoms with Crippen LogP contribution >= 0.6 is 27.3 Å². The van der Waals surface area contributed by atoms with E-state index in [0.29, 0.717) is 39.4 Å². The van der Waals surface area contributed by atoms with Gasteiger partial charge in [0.2, 0.25) is 0 Å². The Morgan fingerprint density at radius 1 is 1.40 bits per heavy atom. The molecule has 0 saturated heterocycles. The molecule has 7 nitrogen and oxygen atoms in total. The molecule has 0 aliphatic carbocycles. The third-order valence-electron chi connectivity index (χ3n) is 4.33. The van der Waals surface area contributed by atoms with Crippen LogP contribution in [-0.2, 0) is 14.3 Å². The number of aromatic nitrogens is 1. The fourth-order valence-corrected chi connectivity index (χ4v) is 4.21. The predicted octanol–water partition coefficient (Wildman–Crippen LogP) is 4.21. The van der Waals surface area contributed by atoms with Crippen LogP contribution < -0.4 is 5.32 Å². The van der Waals surface area contributed by atoms with Gasteiger partial charge in [-0.1, -0.05) is 22.0 Å². The molecule has 158 valence electrons. The second kappa shape index (κ2) is 9.94. The standard InChI is InChI=1S/C20H19BrFN3O4S/c1-2-29-20(28)16-14(4-3-5-15(26)27)24-18(19-23-8-9-30-19)25-17(16)12-7-6-11(22)10-13(12)21/h6-10,17H,2-5H2,1H3,(H,24,25)(H,26,27). The molecule has 0 spiro atoms. The van der Waals surface area contributed by atoms with Gasteiger partial charge in [0.25, 0.3) is 0 Å². The zero-order valence-electron chi connectivity index (χ0n) is 16.0. The van der Waals surface area contributed by atoms with Crippen LogP contribution in [-0.4, -0.2) is 34.5 Å². The Morgan fingerprint density at radius 3 is 2.83 bits per heavy atom. The first-order valence-corrected chi connectivity index (χ1v) is 10.9. The van der Waals surface area contributed by atoms with Gasteiger partial charge in [-0.25, -0.2) is 14.2 Å². The molecule has 0 amide bonds. The Hall–Kier alpha value is -2.59. The molecule has 1 unspecified atom stereocenters. The zero-order chi connectivity index (χ0) is 21.7. The summed E-state index contributed by atoms with van der Waals surface area (Å²) in [4.78, 5) is 32.8. The summed E-state index contributed by atoms with van der Waals surface area (Å²) in [5, 5.41) is 14.6. The van der Waals surface area contributed by atoms with Gasteiger partial charge >= 0.3 is 11.9 Å². The van der Waals surface area contributed by atoms with Crippen molar-refractivity contribution in [2.45, 2.75) is 32.2 Å². The largest absolute Gasteiger partial charge is 0.481 e. The lowest BCUT2D eigenvalue weighted by Gasteiger charge is -2.27. The van der Waals surface area contributed by atoms with Gasteiger partial charge in [-0.2, -0.15) is 0 Å². The van der Waals surface area contributed by atoms with E-state index >= 15 is 0 Å². The van der Waals surface area contributed by atoms with E-state index in [9.17, 15) is 14.0 Å². The second-order valence-corrected chi connectivity index (χ2v) is 8.12. The quantitative estimate of drug-likeness (QED) is 0.532. The number of aliphatic imine (C=N–C) groups is 1. The molecular weight excluding hydrogens is 477 g/mol. The number of rotatable bonds is 8. The zero-order valence-corrected chi connectivity index (χ0v) is 18.4. The molecule has 0 bridgehead atoms. The molecule has 0 saturated carbocycles. The first-order valence-electron chi connectivity index (χ1n) is 9.22.